The third-order valence-corrected chi connectivity index (χ3v) is 6.17. The molecule has 1 aliphatic heterocycles. The van der Waals surface area contributed by atoms with Crippen molar-refractivity contribution in [3.63, 3.8) is 0 Å². The molecule has 0 aliphatic carbocycles. The molecule has 4 aromatic rings. The van der Waals surface area contributed by atoms with Gasteiger partial charge < -0.3 is 20.1 Å². The van der Waals surface area contributed by atoms with Crippen molar-refractivity contribution in [3.05, 3.63) is 59.7 Å². The van der Waals surface area contributed by atoms with Crippen LogP contribution in [0, 0.1) is 29.1 Å². The number of nitrogens with two attached hydrogens (primary N) is 1. The number of anilines is 1. The summed E-state index contributed by atoms with van der Waals surface area (Å²) in [6.45, 7) is 5.94. The lowest BCUT2D eigenvalue weighted by Gasteiger charge is -2.24. The first kappa shape index (κ1) is 27.1. The SMILES string of the molecule is CC(C)(C)OC(=O)N1CC[C@@H](n2nc(-c3ccc(Oc4c(F)c(F)cc(F)c4F)cc3F)c3c(N)ncnc32)C1. The fraction of sp³-hybridized carbons (Fsp3) is 0.308. The highest BCUT2D eigenvalue weighted by atomic mass is 19.2. The van der Waals surface area contributed by atoms with Gasteiger partial charge in [-0.25, -0.2) is 32.6 Å². The van der Waals surface area contributed by atoms with Gasteiger partial charge in [-0.05, 0) is 39.3 Å². The lowest BCUT2D eigenvalue weighted by atomic mass is 10.1. The minimum atomic E-state index is -1.77. The number of ether oxygens (including phenoxy) is 2. The zero-order valence-electron chi connectivity index (χ0n) is 21.5. The molecule has 0 bridgehead atoms. The summed E-state index contributed by atoms with van der Waals surface area (Å²) in [5, 5.41) is 4.80. The highest BCUT2D eigenvalue weighted by Crippen LogP contribution is 2.37. The summed E-state index contributed by atoms with van der Waals surface area (Å²) in [5.41, 5.74) is 5.73. The Kier molecular flexibility index (Phi) is 6.72. The first-order chi connectivity index (χ1) is 18.8. The molecule has 210 valence electrons. The number of amides is 1. The predicted molar refractivity (Wildman–Crippen MR) is 133 cm³/mol. The number of benzene rings is 2. The van der Waals surface area contributed by atoms with Crippen LogP contribution in [0.3, 0.4) is 0 Å². The van der Waals surface area contributed by atoms with E-state index in [1.165, 1.54) is 22.0 Å². The maximum Gasteiger partial charge on any atom is 0.410 e. The number of hydrogen-bond acceptors (Lipinski definition) is 7. The molecular formula is C26H23F5N6O3. The van der Waals surface area contributed by atoms with Crippen LogP contribution in [-0.2, 0) is 4.74 Å². The zero-order valence-corrected chi connectivity index (χ0v) is 21.5. The van der Waals surface area contributed by atoms with Crippen LogP contribution in [0.15, 0.2) is 30.6 Å². The van der Waals surface area contributed by atoms with Crippen LogP contribution in [0.1, 0.15) is 33.2 Å². The number of fused-ring (bicyclic) bond motifs is 1. The monoisotopic (exact) mass is 562 g/mol. The van der Waals surface area contributed by atoms with Crippen molar-refractivity contribution in [3.8, 4) is 22.8 Å². The van der Waals surface area contributed by atoms with Crippen LogP contribution in [0.5, 0.6) is 11.5 Å². The van der Waals surface area contributed by atoms with Crippen LogP contribution in [0.2, 0.25) is 0 Å². The molecular weight excluding hydrogens is 539 g/mol. The minimum absolute atomic E-state index is 0.0207. The van der Waals surface area contributed by atoms with Crippen molar-refractivity contribution < 1.29 is 36.2 Å². The number of rotatable bonds is 4. The number of aromatic nitrogens is 4. The van der Waals surface area contributed by atoms with Crippen molar-refractivity contribution in [1.82, 2.24) is 24.6 Å². The van der Waals surface area contributed by atoms with Gasteiger partial charge in [0.05, 0.1) is 11.4 Å². The lowest BCUT2D eigenvalue weighted by molar-refractivity contribution is 0.0288. The van der Waals surface area contributed by atoms with Gasteiger partial charge in [-0.2, -0.15) is 13.9 Å². The molecule has 1 atom stereocenters. The number of nitrogen functional groups attached to an aromatic ring is 1. The van der Waals surface area contributed by atoms with E-state index in [1.54, 1.807) is 20.8 Å². The summed E-state index contributed by atoms with van der Waals surface area (Å²) in [5.74, 6) is -9.58. The van der Waals surface area contributed by atoms with Gasteiger partial charge in [-0.1, -0.05) is 0 Å². The normalized spacial score (nSPS) is 15.6. The summed E-state index contributed by atoms with van der Waals surface area (Å²) >= 11 is 0. The molecule has 0 saturated carbocycles. The van der Waals surface area contributed by atoms with Crippen LogP contribution >= 0.6 is 0 Å². The standard InChI is InChI=1S/C26H23F5N6O3/c1-26(2,3)40-25(38)36-7-6-12(10-36)37-24-18(23(32)33-11-34-24)21(35-37)14-5-4-13(8-15(14)27)39-22-19(30)16(28)9-17(29)20(22)31/h4-5,8-9,11-12H,6-7,10H2,1-3H3,(H2,32,33,34)/t12-/m1/s1. The quantitative estimate of drug-likeness (QED) is 0.249. The van der Waals surface area contributed by atoms with Crippen molar-refractivity contribution in [2.24, 2.45) is 0 Å². The van der Waals surface area contributed by atoms with E-state index in [2.05, 4.69) is 15.1 Å². The summed E-state index contributed by atoms with van der Waals surface area (Å²) in [7, 11) is 0. The highest BCUT2D eigenvalue weighted by molar-refractivity contribution is 5.98. The Bertz CT molecular complexity index is 1610. The van der Waals surface area contributed by atoms with Gasteiger partial charge in [0.1, 0.15) is 35.0 Å². The number of carbonyl (C=O) groups excluding carboxylic acids is 1. The molecule has 0 spiro atoms. The van der Waals surface area contributed by atoms with Gasteiger partial charge in [0.15, 0.2) is 17.3 Å². The first-order valence-electron chi connectivity index (χ1n) is 12.1. The zero-order chi connectivity index (χ0) is 28.9. The third kappa shape index (κ3) is 4.96. The summed E-state index contributed by atoms with van der Waals surface area (Å²) in [4.78, 5) is 22.3. The predicted octanol–water partition coefficient (Wildman–Crippen LogP) is 5.75. The molecule has 2 aromatic carbocycles. The number of hydrogen-bond donors (Lipinski definition) is 1. The van der Waals surface area contributed by atoms with Crippen molar-refractivity contribution in [2.45, 2.75) is 38.8 Å². The Labute approximate surface area is 224 Å². The molecule has 1 amide bonds. The van der Waals surface area contributed by atoms with Crippen molar-refractivity contribution >= 4 is 22.9 Å². The van der Waals surface area contributed by atoms with E-state index in [4.69, 9.17) is 15.2 Å². The maximum atomic E-state index is 15.4. The number of likely N-dealkylation sites (tertiary alicyclic amines) is 1. The van der Waals surface area contributed by atoms with Gasteiger partial charge in [-0.15, -0.1) is 0 Å². The second-order valence-electron chi connectivity index (χ2n) is 10.2. The molecule has 40 heavy (non-hydrogen) atoms. The summed E-state index contributed by atoms with van der Waals surface area (Å²) in [6.07, 6.45) is 1.26. The van der Waals surface area contributed by atoms with Gasteiger partial charge in [0.25, 0.3) is 0 Å². The Morgan fingerprint density at radius 1 is 1.02 bits per heavy atom. The number of halogens is 5. The van der Waals surface area contributed by atoms with Crippen molar-refractivity contribution in [2.75, 3.05) is 18.8 Å². The summed E-state index contributed by atoms with van der Waals surface area (Å²) < 4.78 is 82.4. The smallest absolute Gasteiger partial charge is 0.410 e. The van der Waals surface area contributed by atoms with E-state index in [0.29, 0.717) is 18.6 Å². The van der Waals surface area contributed by atoms with Crippen LogP contribution < -0.4 is 10.5 Å². The average Bonchev–Trinajstić information content (AvgIpc) is 3.51. The van der Waals surface area contributed by atoms with Gasteiger partial charge >= 0.3 is 6.09 Å². The van der Waals surface area contributed by atoms with Crippen LogP contribution in [0.4, 0.5) is 32.6 Å². The van der Waals surface area contributed by atoms with E-state index in [0.717, 1.165) is 12.1 Å². The Morgan fingerprint density at radius 2 is 1.73 bits per heavy atom. The van der Waals surface area contributed by atoms with Crippen LogP contribution in [-0.4, -0.2) is 49.4 Å². The Hall–Kier alpha value is -4.49. The Morgan fingerprint density at radius 3 is 2.38 bits per heavy atom. The molecule has 9 nitrogen and oxygen atoms in total. The highest BCUT2D eigenvalue weighted by Gasteiger charge is 2.33. The van der Waals surface area contributed by atoms with Crippen molar-refractivity contribution in [1.29, 1.82) is 0 Å². The molecule has 14 heteroatoms. The largest absolute Gasteiger partial charge is 0.451 e. The fourth-order valence-electron chi connectivity index (χ4n) is 4.38. The number of carbonyl (C=O) groups is 1. The average molecular weight is 562 g/mol. The van der Waals surface area contributed by atoms with E-state index in [9.17, 15) is 22.4 Å². The van der Waals surface area contributed by atoms with Gasteiger partial charge in [0.2, 0.25) is 17.4 Å². The minimum Gasteiger partial charge on any atom is -0.451 e. The first-order valence-corrected chi connectivity index (χ1v) is 12.1. The molecule has 3 heterocycles. The fourth-order valence-corrected chi connectivity index (χ4v) is 4.38. The Balaban J connectivity index is 1.49. The topological polar surface area (TPSA) is 108 Å². The second kappa shape index (κ2) is 9.92. The molecule has 1 saturated heterocycles. The van der Waals surface area contributed by atoms with E-state index >= 15 is 4.39 Å². The van der Waals surface area contributed by atoms with Gasteiger partial charge in [0, 0.05) is 30.8 Å². The molecule has 0 unspecified atom stereocenters. The molecule has 5 rings (SSSR count). The maximum absolute atomic E-state index is 15.4. The number of nitrogens with zero attached hydrogens (tertiary/aromatic N) is 5. The molecule has 2 N–H and O–H groups in total. The van der Waals surface area contributed by atoms with E-state index in [1.807, 2.05) is 0 Å². The molecule has 1 aliphatic rings. The second-order valence-corrected chi connectivity index (χ2v) is 10.2. The lowest BCUT2D eigenvalue weighted by Crippen LogP contribution is -2.35. The molecule has 2 aromatic heterocycles. The van der Waals surface area contributed by atoms with Crippen LogP contribution in [0.25, 0.3) is 22.3 Å². The molecule has 0 radical (unpaired) electrons. The third-order valence-electron chi connectivity index (χ3n) is 6.17. The van der Waals surface area contributed by atoms with Gasteiger partial charge in [-0.3, -0.25) is 0 Å². The molecule has 1 fully saturated rings. The summed E-state index contributed by atoms with van der Waals surface area (Å²) in [6, 6.07) is 2.83. The van der Waals surface area contributed by atoms with E-state index in [-0.39, 0.29) is 41.1 Å². The van der Waals surface area contributed by atoms with E-state index < -0.39 is 52.3 Å².